The quantitative estimate of drug-likeness (QED) is 0.365. The zero-order valence-electron chi connectivity index (χ0n) is 3.51. The molecule has 0 atom stereocenters. The van der Waals surface area contributed by atoms with Crippen LogP contribution in [0.5, 0.6) is 0 Å². The van der Waals surface area contributed by atoms with E-state index in [-0.39, 0.29) is 79.0 Å². The van der Waals surface area contributed by atoms with Crippen LogP contribution in [0.15, 0.2) is 0 Å². The van der Waals surface area contributed by atoms with Crippen LogP contribution in [0, 0.1) is 0 Å². The van der Waals surface area contributed by atoms with Crippen LogP contribution < -0.4 is 84.0 Å². The van der Waals surface area contributed by atoms with Crippen LogP contribution in [0.2, 0.25) is 0 Å². The van der Waals surface area contributed by atoms with Crippen LogP contribution in [-0.2, 0) is 0 Å². The average Bonchev–Trinajstić information content (AvgIpc) is 0.811. The molecule has 24 valence electrons. The Bertz CT molecular complexity index is 15.5. The predicted octanol–water partition coefficient (Wildman–Crippen LogP) is -7.32. The summed E-state index contributed by atoms with van der Waals surface area (Å²) in [6.45, 7) is 0. The molecule has 0 aromatic carbocycles. The molecule has 0 aliphatic rings. The zero-order valence-corrected chi connectivity index (χ0v) is 9.79. The topological polar surface area (TPSA) is 69.2 Å². The maximum absolute atomic E-state index is 8.42. The Hall–Kier alpha value is 2.17. The van der Waals surface area contributed by atoms with Crippen molar-refractivity contribution in [3.05, 3.63) is 0 Å². The molecule has 0 aliphatic carbocycles. The summed E-state index contributed by atoms with van der Waals surface area (Å²) in [5.74, 6) is 0. The summed E-state index contributed by atoms with van der Waals surface area (Å²) >= 11 is 0. The van der Waals surface area contributed by atoms with E-state index >= 15 is 0 Å². The fourth-order valence-electron chi connectivity index (χ4n) is 0. The molecule has 0 fully saturated rings. The van der Waals surface area contributed by atoms with Gasteiger partial charge < -0.3 is 15.1 Å². The van der Waals surface area contributed by atoms with E-state index in [0.29, 0.717) is 0 Å². The van der Waals surface area contributed by atoms with Crippen molar-refractivity contribution < 1.29 is 84.0 Å². The van der Waals surface area contributed by atoms with Gasteiger partial charge in [0.1, 0.15) is 0 Å². The van der Waals surface area contributed by atoms with Crippen LogP contribution in [0.1, 0.15) is 0 Å². The molecule has 6 heteroatoms. The maximum atomic E-state index is 8.42. The third kappa shape index (κ3) is 35.1. The maximum Gasteiger partial charge on any atom is 2.00 e. The largest absolute Gasteiger partial charge is 2.00 e. The molecule has 0 aliphatic heterocycles. The first-order valence-electron chi connectivity index (χ1n) is 0.707. The van der Waals surface area contributed by atoms with Gasteiger partial charge in [-0.05, 0) is 0 Å². The van der Waals surface area contributed by atoms with Crippen molar-refractivity contribution >= 4 is 17.4 Å². The van der Waals surface area contributed by atoms with E-state index in [1.807, 2.05) is 0 Å². The molecule has 0 radical (unpaired) electrons. The third-order valence-corrected chi connectivity index (χ3v) is 0. The fourth-order valence-corrected chi connectivity index (χ4v) is 0. The zero-order chi connectivity index (χ0) is 3.58. The third-order valence-electron chi connectivity index (χ3n) is 0. The van der Waals surface area contributed by atoms with Crippen molar-refractivity contribution in [1.29, 1.82) is 0 Å². The molecule has 0 spiro atoms. The molecule has 0 N–H and O–H groups in total. The van der Waals surface area contributed by atoms with Gasteiger partial charge in [0.25, 0.3) is 0 Å². The normalized spacial score (nSPS) is 4.50. The molecule has 0 aromatic rings. The molecule has 0 amide bonds. The van der Waals surface area contributed by atoms with Crippen LogP contribution in [0.25, 0.3) is 0 Å². The number of rotatable bonds is 0. The number of hydrogen-bond donors (Lipinski definition) is 0. The first-order chi connectivity index (χ1) is 1.73. The Kier molecular flexibility index (Phi) is 26.7. The van der Waals surface area contributed by atoms with Gasteiger partial charge in [-0.3, -0.25) is 7.32 Å². The van der Waals surface area contributed by atoms with Gasteiger partial charge in [0.2, 0.25) is 0 Å². The van der Waals surface area contributed by atoms with Crippen LogP contribution >= 0.6 is 0 Å². The van der Waals surface area contributed by atoms with Crippen molar-refractivity contribution in [3.63, 3.8) is 0 Å². The van der Waals surface area contributed by atoms with E-state index < -0.39 is 7.32 Å². The van der Waals surface area contributed by atoms with E-state index in [9.17, 15) is 0 Å². The van der Waals surface area contributed by atoms with Crippen molar-refractivity contribution in [2.75, 3.05) is 0 Å². The molecule has 6 heavy (non-hydrogen) atoms. The summed E-state index contributed by atoms with van der Waals surface area (Å²) in [5.41, 5.74) is 0. The molecule has 0 unspecified atom stereocenters. The van der Waals surface area contributed by atoms with Crippen molar-refractivity contribution in [2.24, 2.45) is 0 Å². The number of hydrogen-bond acceptors (Lipinski definition) is 3. The molecule has 0 saturated carbocycles. The SMILES string of the molecule is [Be+2].[Cs+].[O-]B([O-])[O-]. The molecular weight excluding hydrogens is 201 g/mol. The summed E-state index contributed by atoms with van der Waals surface area (Å²) in [7, 11) is -2.92. The van der Waals surface area contributed by atoms with Crippen molar-refractivity contribution in [3.8, 4) is 0 Å². The standard InChI is InChI=1S/BO3.Be.Cs/c2-1(3)4;;/q-3;+2;+1. The van der Waals surface area contributed by atoms with Crippen molar-refractivity contribution in [2.45, 2.75) is 0 Å². The van der Waals surface area contributed by atoms with E-state index in [0.717, 1.165) is 0 Å². The minimum atomic E-state index is -2.92. The minimum Gasteiger partial charge on any atom is -0.907 e. The van der Waals surface area contributed by atoms with E-state index in [2.05, 4.69) is 0 Å². The van der Waals surface area contributed by atoms with E-state index in [1.165, 1.54) is 0 Å². The van der Waals surface area contributed by atoms with Gasteiger partial charge in [0.05, 0.1) is 0 Å². The van der Waals surface area contributed by atoms with Gasteiger partial charge in [-0.2, -0.15) is 0 Å². The Labute approximate surface area is 99.0 Å². The molecular formula is BBeCsO3. The summed E-state index contributed by atoms with van der Waals surface area (Å²) in [4.78, 5) is 0. The van der Waals surface area contributed by atoms with Gasteiger partial charge in [-0.15, -0.1) is 0 Å². The summed E-state index contributed by atoms with van der Waals surface area (Å²) in [6.07, 6.45) is 0. The fraction of sp³-hybridized carbons (Fsp3) is 0. The molecule has 0 rings (SSSR count). The molecule has 0 aromatic heterocycles. The second kappa shape index (κ2) is 10.2. The van der Waals surface area contributed by atoms with Gasteiger partial charge >= 0.3 is 79.0 Å². The monoisotopic (exact) mass is 201 g/mol. The molecule has 0 saturated heterocycles. The van der Waals surface area contributed by atoms with Crippen LogP contribution in [-0.4, -0.2) is 17.4 Å². The van der Waals surface area contributed by atoms with Crippen LogP contribution in [0.4, 0.5) is 0 Å². The Morgan fingerprint density at radius 1 is 1.00 bits per heavy atom. The molecule has 0 heterocycles. The smallest absolute Gasteiger partial charge is 0.907 e. The molecule has 0 bridgehead atoms. The molecule has 3 nitrogen and oxygen atoms in total. The van der Waals surface area contributed by atoms with Gasteiger partial charge in [0.15, 0.2) is 0 Å². The summed E-state index contributed by atoms with van der Waals surface area (Å²) in [5, 5.41) is 25.2. The van der Waals surface area contributed by atoms with Gasteiger partial charge in [-0.1, -0.05) is 0 Å². The minimum absolute atomic E-state index is 0. The van der Waals surface area contributed by atoms with Gasteiger partial charge in [-0.25, -0.2) is 0 Å². The van der Waals surface area contributed by atoms with Gasteiger partial charge in [0, 0.05) is 0 Å². The van der Waals surface area contributed by atoms with E-state index in [1.54, 1.807) is 0 Å². The predicted molar refractivity (Wildman–Crippen MR) is 11.5 cm³/mol. The average molecular weight is 201 g/mol. The summed E-state index contributed by atoms with van der Waals surface area (Å²) < 4.78 is 0. The second-order valence-electron chi connectivity index (χ2n) is 0.289. The van der Waals surface area contributed by atoms with Crippen LogP contribution in [0.3, 0.4) is 0 Å². The summed E-state index contributed by atoms with van der Waals surface area (Å²) in [6, 6.07) is 0. The second-order valence-corrected chi connectivity index (χ2v) is 0.289. The first kappa shape index (κ1) is 15.7. The Morgan fingerprint density at radius 2 is 1.00 bits per heavy atom. The van der Waals surface area contributed by atoms with Crippen molar-refractivity contribution in [1.82, 2.24) is 0 Å². The Morgan fingerprint density at radius 3 is 1.00 bits per heavy atom. The Balaban J connectivity index is -0.0000000450. The first-order valence-corrected chi connectivity index (χ1v) is 0.707. The van der Waals surface area contributed by atoms with E-state index in [4.69, 9.17) is 15.1 Å².